The van der Waals surface area contributed by atoms with Gasteiger partial charge in [-0.2, -0.15) is 0 Å². The maximum absolute atomic E-state index is 10.6. The number of aliphatic hydroxyl groups excluding tert-OH is 1. The zero-order valence-corrected chi connectivity index (χ0v) is 6.34. The van der Waals surface area contributed by atoms with Gasteiger partial charge in [0.05, 0.1) is 0 Å². The summed E-state index contributed by atoms with van der Waals surface area (Å²) in [5, 5.41) is 10.8. The molecule has 1 atom stereocenters. The van der Waals surface area contributed by atoms with Crippen LogP contribution in [-0.2, 0) is 4.79 Å². The van der Waals surface area contributed by atoms with Gasteiger partial charge < -0.3 is 10.4 Å². The number of carbonyl (C=O) groups is 2. The van der Waals surface area contributed by atoms with Gasteiger partial charge in [0.15, 0.2) is 0 Å². The second-order valence-corrected chi connectivity index (χ2v) is 1.87. The van der Waals surface area contributed by atoms with E-state index in [1.807, 2.05) is 10.9 Å². The lowest BCUT2D eigenvalue weighted by Crippen LogP contribution is -2.48. The first-order valence-corrected chi connectivity index (χ1v) is 3.03. The lowest BCUT2D eigenvalue weighted by Gasteiger charge is -2.07. The van der Waals surface area contributed by atoms with E-state index in [4.69, 9.17) is 5.11 Å². The lowest BCUT2D eigenvalue weighted by molar-refractivity contribution is -0.129. The molecule has 4 N–H and O–H groups in total. The molecule has 6 heteroatoms. The number of carbonyl (C=O) groups excluding carboxylic acids is 2. The number of amides is 3. The van der Waals surface area contributed by atoms with E-state index in [2.05, 4.69) is 5.32 Å². The molecule has 0 fully saturated rings. The predicted molar refractivity (Wildman–Crippen MR) is 37.4 cm³/mol. The molecule has 11 heavy (non-hydrogen) atoms. The molecule has 0 radical (unpaired) electrons. The van der Waals surface area contributed by atoms with E-state index in [9.17, 15) is 9.59 Å². The van der Waals surface area contributed by atoms with Crippen LogP contribution in [0.15, 0.2) is 0 Å². The minimum absolute atomic E-state index is 0.543. The van der Waals surface area contributed by atoms with Crippen molar-refractivity contribution >= 4 is 11.9 Å². The molecule has 0 saturated heterocycles. The van der Waals surface area contributed by atoms with Crippen LogP contribution in [0.2, 0.25) is 0 Å². The van der Waals surface area contributed by atoms with Crippen molar-refractivity contribution in [1.82, 2.24) is 16.2 Å². The van der Waals surface area contributed by atoms with Crippen molar-refractivity contribution in [1.29, 1.82) is 0 Å². The number of hydrogen-bond acceptors (Lipinski definition) is 3. The SMILES string of the molecule is CNC(=O)NNC(=O)[C@H](C)O. The van der Waals surface area contributed by atoms with Gasteiger partial charge in [0, 0.05) is 7.05 Å². The average molecular weight is 161 g/mol. The Balaban J connectivity index is 3.54. The molecule has 0 aliphatic rings. The maximum atomic E-state index is 10.6. The van der Waals surface area contributed by atoms with E-state index in [1.54, 1.807) is 0 Å². The first kappa shape index (κ1) is 9.70. The molecule has 0 saturated carbocycles. The highest BCUT2D eigenvalue weighted by molar-refractivity contribution is 5.83. The van der Waals surface area contributed by atoms with Crippen LogP contribution in [-0.4, -0.2) is 30.2 Å². The van der Waals surface area contributed by atoms with Gasteiger partial charge in [-0.25, -0.2) is 10.2 Å². The van der Waals surface area contributed by atoms with E-state index in [1.165, 1.54) is 14.0 Å². The van der Waals surface area contributed by atoms with Crippen molar-refractivity contribution in [2.45, 2.75) is 13.0 Å². The van der Waals surface area contributed by atoms with Crippen molar-refractivity contribution in [3.63, 3.8) is 0 Å². The maximum Gasteiger partial charge on any atom is 0.333 e. The van der Waals surface area contributed by atoms with Crippen molar-refractivity contribution in [2.75, 3.05) is 7.05 Å². The van der Waals surface area contributed by atoms with E-state index in [-0.39, 0.29) is 0 Å². The van der Waals surface area contributed by atoms with Crippen molar-refractivity contribution < 1.29 is 14.7 Å². The third-order valence-corrected chi connectivity index (χ3v) is 0.906. The summed E-state index contributed by atoms with van der Waals surface area (Å²) in [6, 6.07) is -0.543. The standard InChI is InChI=1S/C5H11N3O3/c1-3(9)4(10)7-8-5(11)6-2/h3,9H,1-2H3,(H,7,10)(H2,6,8,11)/t3-/m0/s1. The molecule has 0 unspecified atom stereocenters. The van der Waals surface area contributed by atoms with E-state index < -0.39 is 18.0 Å². The average Bonchev–Trinajstić information content (AvgIpc) is 1.99. The zero-order chi connectivity index (χ0) is 8.85. The molecule has 0 rings (SSSR count). The van der Waals surface area contributed by atoms with Crippen molar-refractivity contribution in [3.8, 4) is 0 Å². The molecule has 0 spiro atoms. The second kappa shape index (κ2) is 4.51. The third-order valence-electron chi connectivity index (χ3n) is 0.906. The topological polar surface area (TPSA) is 90.5 Å². The molecule has 0 bridgehead atoms. The summed E-state index contributed by atoms with van der Waals surface area (Å²) < 4.78 is 0. The number of hydrazine groups is 1. The Morgan fingerprint density at radius 3 is 2.27 bits per heavy atom. The monoisotopic (exact) mass is 161 g/mol. The first-order valence-electron chi connectivity index (χ1n) is 3.03. The molecule has 6 nitrogen and oxygen atoms in total. The Bertz CT molecular complexity index is 157. The van der Waals surface area contributed by atoms with Crippen LogP contribution >= 0.6 is 0 Å². The molecule has 0 aliphatic carbocycles. The Labute approximate surface area is 63.9 Å². The number of urea groups is 1. The summed E-state index contributed by atoms with van der Waals surface area (Å²) in [6.07, 6.45) is -1.13. The minimum Gasteiger partial charge on any atom is -0.383 e. The van der Waals surface area contributed by atoms with Crippen molar-refractivity contribution in [2.24, 2.45) is 0 Å². The van der Waals surface area contributed by atoms with Gasteiger partial charge in [0.2, 0.25) is 0 Å². The smallest absolute Gasteiger partial charge is 0.333 e. The predicted octanol–water partition coefficient (Wildman–Crippen LogP) is -1.67. The van der Waals surface area contributed by atoms with Gasteiger partial charge in [0.1, 0.15) is 6.10 Å². The van der Waals surface area contributed by atoms with E-state index in [0.717, 1.165) is 0 Å². The highest BCUT2D eigenvalue weighted by atomic mass is 16.3. The van der Waals surface area contributed by atoms with Gasteiger partial charge in [-0.05, 0) is 6.92 Å². The van der Waals surface area contributed by atoms with E-state index in [0.29, 0.717) is 0 Å². The van der Waals surface area contributed by atoms with Gasteiger partial charge in [-0.15, -0.1) is 0 Å². The van der Waals surface area contributed by atoms with Crippen LogP contribution in [0.4, 0.5) is 4.79 Å². The number of nitrogens with one attached hydrogen (secondary N) is 3. The highest BCUT2D eigenvalue weighted by Crippen LogP contribution is 1.75. The van der Waals surface area contributed by atoms with Gasteiger partial charge in [-0.1, -0.05) is 0 Å². The van der Waals surface area contributed by atoms with Crippen molar-refractivity contribution in [3.05, 3.63) is 0 Å². The molecule has 0 aliphatic heterocycles. The lowest BCUT2D eigenvalue weighted by atomic mass is 10.4. The van der Waals surface area contributed by atoms with Crippen LogP contribution in [0.5, 0.6) is 0 Å². The van der Waals surface area contributed by atoms with Crippen LogP contribution in [0.25, 0.3) is 0 Å². The molecular weight excluding hydrogens is 150 g/mol. The summed E-state index contributed by atoms with van der Waals surface area (Å²) in [7, 11) is 1.41. The number of aliphatic hydroxyl groups is 1. The van der Waals surface area contributed by atoms with Gasteiger partial charge in [0.25, 0.3) is 5.91 Å². The molecule has 0 aromatic carbocycles. The quantitative estimate of drug-likeness (QED) is 0.346. The first-order chi connectivity index (χ1) is 5.07. The van der Waals surface area contributed by atoms with Gasteiger partial charge >= 0.3 is 6.03 Å². The number of hydrogen-bond donors (Lipinski definition) is 4. The summed E-state index contributed by atoms with van der Waals surface area (Å²) in [5.74, 6) is -0.659. The normalized spacial score (nSPS) is 11.5. The Kier molecular flexibility index (Phi) is 3.97. The molecule has 0 heterocycles. The summed E-state index contributed by atoms with van der Waals surface area (Å²) in [4.78, 5) is 21.0. The Morgan fingerprint density at radius 2 is 1.91 bits per heavy atom. The van der Waals surface area contributed by atoms with Gasteiger partial charge in [-0.3, -0.25) is 10.2 Å². The van der Waals surface area contributed by atoms with Crippen LogP contribution < -0.4 is 16.2 Å². The minimum atomic E-state index is -1.13. The molecule has 0 aromatic rings. The largest absolute Gasteiger partial charge is 0.383 e. The zero-order valence-electron chi connectivity index (χ0n) is 6.34. The van der Waals surface area contributed by atoms with Crippen LogP contribution in [0, 0.1) is 0 Å². The molecular formula is C5H11N3O3. The van der Waals surface area contributed by atoms with E-state index >= 15 is 0 Å². The third kappa shape index (κ3) is 4.15. The summed E-state index contributed by atoms with van der Waals surface area (Å²) in [5.41, 5.74) is 3.99. The van der Waals surface area contributed by atoms with Crippen LogP contribution in [0.3, 0.4) is 0 Å². The molecule has 3 amide bonds. The van der Waals surface area contributed by atoms with Crippen LogP contribution in [0.1, 0.15) is 6.92 Å². The fraction of sp³-hybridized carbons (Fsp3) is 0.600. The number of rotatable bonds is 1. The Morgan fingerprint density at radius 1 is 1.36 bits per heavy atom. The molecule has 0 aromatic heterocycles. The fourth-order valence-corrected chi connectivity index (χ4v) is 0.285. The summed E-state index contributed by atoms with van der Waals surface area (Å²) >= 11 is 0. The fourth-order valence-electron chi connectivity index (χ4n) is 0.285. The highest BCUT2D eigenvalue weighted by Gasteiger charge is 2.07. The Hall–Kier alpha value is -1.30. The second-order valence-electron chi connectivity index (χ2n) is 1.87. The summed E-state index contributed by atoms with van der Waals surface area (Å²) in [6.45, 7) is 1.29. The molecule has 64 valence electrons.